The number of methoxy groups -OCH3 is 1. The summed E-state index contributed by atoms with van der Waals surface area (Å²) >= 11 is 0. The Kier molecular flexibility index (Phi) is 6.96. The SMILES string of the molecule is COc1ccc(CCNC(=O)N2CCCC(Oc3nccc(C(F)(F)F)n3)C2)cc1. The number of halogens is 3. The van der Waals surface area contributed by atoms with Gasteiger partial charge in [-0.05, 0) is 43.0 Å². The van der Waals surface area contributed by atoms with Crippen molar-refractivity contribution < 1.29 is 27.4 Å². The summed E-state index contributed by atoms with van der Waals surface area (Å²) in [5.74, 6) is 0.770. The lowest BCUT2D eigenvalue weighted by atomic mass is 10.1. The highest BCUT2D eigenvalue weighted by molar-refractivity contribution is 5.74. The summed E-state index contributed by atoms with van der Waals surface area (Å²) in [5, 5.41) is 2.86. The number of aromatic nitrogens is 2. The lowest BCUT2D eigenvalue weighted by Crippen LogP contribution is -2.49. The molecule has 1 aliphatic heterocycles. The van der Waals surface area contributed by atoms with E-state index in [4.69, 9.17) is 9.47 Å². The third kappa shape index (κ3) is 5.98. The molecule has 1 fully saturated rings. The van der Waals surface area contributed by atoms with Gasteiger partial charge in [0.05, 0.1) is 13.7 Å². The van der Waals surface area contributed by atoms with Gasteiger partial charge >= 0.3 is 18.2 Å². The maximum Gasteiger partial charge on any atom is 0.433 e. The zero-order chi connectivity index (χ0) is 21.6. The van der Waals surface area contributed by atoms with Crippen molar-refractivity contribution in [1.82, 2.24) is 20.2 Å². The number of piperidine rings is 1. The van der Waals surface area contributed by atoms with Gasteiger partial charge in [-0.2, -0.15) is 18.2 Å². The van der Waals surface area contributed by atoms with Crippen LogP contribution in [0.2, 0.25) is 0 Å². The van der Waals surface area contributed by atoms with Crippen molar-refractivity contribution in [3.63, 3.8) is 0 Å². The topological polar surface area (TPSA) is 76.6 Å². The lowest BCUT2D eigenvalue weighted by Gasteiger charge is -2.32. The molecule has 1 aromatic heterocycles. The van der Waals surface area contributed by atoms with E-state index >= 15 is 0 Å². The Morgan fingerprint density at radius 3 is 2.73 bits per heavy atom. The van der Waals surface area contributed by atoms with Crippen LogP contribution in [0.3, 0.4) is 0 Å². The molecule has 3 rings (SSSR count). The second kappa shape index (κ2) is 9.64. The number of urea groups is 1. The van der Waals surface area contributed by atoms with Crippen molar-refractivity contribution in [3.8, 4) is 11.8 Å². The number of alkyl halides is 3. The standard InChI is InChI=1S/C20H23F3N4O3/c1-29-15-6-4-14(5-7-15)8-10-25-19(28)27-12-2-3-16(13-27)30-18-24-11-9-17(26-18)20(21,22)23/h4-7,9,11,16H,2-3,8,10,12-13H2,1H3,(H,25,28). The van der Waals surface area contributed by atoms with Crippen molar-refractivity contribution in [1.29, 1.82) is 0 Å². The minimum absolute atomic E-state index is 0.234. The number of nitrogens with one attached hydrogen (secondary N) is 1. The molecule has 7 nitrogen and oxygen atoms in total. The maximum atomic E-state index is 12.8. The molecule has 0 bridgehead atoms. The molecule has 0 radical (unpaired) electrons. The molecule has 1 unspecified atom stereocenters. The Morgan fingerprint density at radius 1 is 1.27 bits per heavy atom. The highest BCUT2D eigenvalue weighted by Crippen LogP contribution is 2.28. The van der Waals surface area contributed by atoms with Gasteiger partial charge in [0.2, 0.25) is 0 Å². The van der Waals surface area contributed by atoms with Crippen LogP contribution in [0.5, 0.6) is 11.8 Å². The molecule has 1 saturated heterocycles. The van der Waals surface area contributed by atoms with Gasteiger partial charge in [-0.3, -0.25) is 0 Å². The maximum absolute atomic E-state index is 12.8. The zero-order valence-electron chi connectivity index (χ0n) is 16.5. The van der Waals surface area contributed by atoms with Crippen LogP contribution in [0.1, 0.15) is 24.1 Å². The van der Waals surface area contributed by atoms with E-state index in [1.807, 2.05) is 24.3 Å². The van der Waals surface area contributed by atoms with Crippen LogP contribution >= 0.6 is 0 Å². The summed E-state index contributed by atoms with van der Waals surface area (Å²) in [5.41, 5.74) is 0.00842. The molecular weight excluding hydrogens is 401 g/mol. The third-order valence-electron chi connectivity index (χ3n) is 4.71. The monoisotopic (exact) mass is 424 g/mol. The first-order chi connectivity index (χ1) is 14.3. The first-order valence-corrected chi connectivity index (χ1v) is 9.58. The average molecular weight is 424 g/mol. The Labute approximate surface area is 172 Å². The van der Waals surface area contributed by atoms with Crippen LogP contribution in [-0.4, -0.2) is 53.7 Å². The number of amides is 2. The van der Waals surface area contributed by atoms with Crippen LogP contribution in [0.4, 0.5) is 18.0 Å². The molecule has 0 saturated carbocycles. The fraction of sp³-hybridized carbons (Fsp3) is 0.450. The second-order valence-corrected chi connectivity index (χ2v) is 6.88. The number of carbonyl (C=O) groups is 1. The summed E-state index contributed by atoms with van der Waals surface area (Å²) in [6.07, 6.45) is -2.07. The molecule has 162 valence electrons. The van der Waals surface area contributed by atoms with E-state index in [2.05, 4.69) is 15.3 Å². The van der Waals surface area contributed by atoms with Gasteiger partial charge in [-0.15, -0.1) is 0 Å². The highest BCUT2D eigenvalue weighted by Gasteiger charge is 2.33. The fourth-order valence-corrected chi connectivity index (χ4v) is 3.14. The number of likely N-dealkylation sites (tertiary alicyclic amines) is 1. The van der Waals surface area contributed by atoms with Crippen LogP contribution in [0, 0.1) is 0 Å². The van der Waals surface area contributed by atoms with Gasteiger partial charge in [0.15, 0.2) is 5.69 Å². The molecule has 2 heterocycles. The molecule has 1 atom stereocenters. The van der Waals surface area contributed by atoms with Crippen LogP contribution < -0.4 is 14.8 Å². The molecule has 30 heavy (non-hydrogen) atoms. The van der Waals surface area contributed by atoms with E-state index in [9.17, 15) is 18.0 Å². The third-order valence-corrected chi connectivity index (χ3v) is 4.71. The Morgan fingerprint density at radius 2 is 2.03 bits per heavy atom. The summed E-state index contributed by atoms with van der Waals surface area (Å²) < 4.78 is 49.0. The van der Waals surface area contributed by atoms with Crippen LogP contribution in [0.25, 0.3) is 0 Å². The number of rotatable bonds is 6. The molecule has 1 aliphatic rings. The highest BCUT2D eigenvalue weighted by atomic mass is 19.4. The summed E-state index contributed by atoms with van der Waals surface area (Å²) in [6.45, 7) is 1.27. The number of hydrogen-bond acceptors (Lipinski definition) is 5. The van der Waals surface area contributed by atoms with Crippen molar-refractivity contribution in [2.45, 2.75) is 31.5 Å². The van der Waals surface area contributed by atoms with Crippen molar-refractivity contribution in [3.05, 3.63) is 47.8 Å². The predicted octanol–water partition coefficient (Wildman–Crippen LogP) is 3.30. The molecular formula is C20H23F3N4O3. The summed E-state index contributed by atoms with van der Waals surface area (Å²) in [6, 6.07) is 7.81. The van der Waals surface area contributed by atoms with Gasteiger partial charge < -0.3 is 19.7 Å². The number of ether oxygens (including phenoxy) is 2. The number of benzene rings is 1. The summed E-state index contributed by atoms with van der Waals surface area (Å²) in [4.78, 5) is 21.2. The second-order valence-electron chi connectivity index (χ2n) is 6.88. The number of hydrogen-bond donors (Lipinski definition) is 1. The number of carbonyl (C=O) groups excluding carboxylic acids is 1. The average Bonchev–Trinajstić information content (AvgIpc) is 2.74. The molecule has 1 N–H and O–H groups in total. The molecule has 1 aromatic carbocycles. The Bertz CT molecular complexity index is 846. The molecule has 2 aromatic rings. The smallest absolute Gasteiger partial charge is 0.433 e. The minimum Gasteiger partial charge on any atom is -0.497 e. The van der Waals surface area contributed by atoms with E-state index in [0.29, 0.717) is 32.4 Å². The lowest BCUT2D eigenvalue weighted by molar-refractivity contribution is -0.141. The predicted molar refractivity (Wildman–Crippen MR) is 102 cm³/mol. The zero-order valence-corrected chi connectivity index (χ0v) is 16.5. The minimum atomic E-state index is -4.57. The van der Waals surface area contributed by atoms with Crippen LogP contribution in [-0.2, 0) is 12.6 Å². The van der Waals surface area contributed by atoms with Crippen molar-refractivity contribution >= 4 is 6.03 Å². The van der Waals surface area contributed by atoms with E-state index in [1.165, 1.54) is 0 Å². The first kappa shape index (κ1) is 21.7. The first-order valence-electron chi connectivity index (χ1n) is 9.58. The van der Waals surface area contributed by atoms with E-state index in [-0.39, 0.29) is 18.6 Å². The molecule has 10 heteroatoms. The van der Waals surface area contributed by atoms with Gasteiger partial charge in [0.1, 0.15) is 11.9 Å². The molecule has 0 spiro atoms. The van der Waals surface area contributed by atoms with E-state index in [1.54, 1.807) is 12.0 Å². The Balaban J connectivity index is 1.48. The Hall–Kier alpha value is -3.04. The van der Waals surface area contributed by atoms with E-state index < -0.39 is 18.0 Å². The normalized spacial score (nSPS) is 16.8. The van der Waals surface area contributed by atoms with Gasteiger partial charge in [0, 0.05) is 19.3 Å². The van der Waals surface area contributed by atoms with Crippen molar-refractivity contribution in [2.75, 3.05) is 26.7 Å². The van der Waals surface area contributed by atoms with Gasteiger partial charge in [0.25, 0.3) is 0 Å². The van der Waals surface area contributed by atoms with Gasteiger partial charge in [-0.25, -0.2) is 9.78 Å². The van der Waals surface area contributed by atoms with Crippen molar-refractivity contribution in [2.24, 2.45) is 0 Å². The van der Waals surface area contributed by atoms with E-state index in [0.717, 1.165) is 23.6 Å². The molecule has 0 aliphatic carbocycles. The largest absolute Gasteiger partial charge is 0.497 e. The summed E-state index contributed by atoms with van der Waals surface area (Å²) in [7, 11) is 1.60. The fourth-order valence-electron chi connectivity index (χ4n) is 3.14. The molecule has 2 amide bonds. The quantitative estimate of drug-likeness (QED) is 0.770. The van der Waals surface area contributed by atoms with Crippen LogP contribution in [0.15, 0.2) is 36.5 Å². The number of nitrogens with zero attached hydrogens (tertiary/aromatic N) is 3. The van der Waals surface area contributed by atoms with Gasteiger partial charge in [-0.1, -0.05) is 12.1 Å².